The van der Waals surface area contributed by atoms with Gasteiger partial charge in [-0.05, 0) is 132 Å². The first-order valence-corrected chi connectivity index (χ1v) is 32.4. The number of hydrogen-bond acceptors (Lipinski definition) is 12. The van der Waals surface area contributed by atoms with Crippen molar-refractivity contribution in [3.8, 4) is 0 Å². The van der Waals surface area contributed by atoms with Crippen LogP contribution in [-0.4, -0.2) is 133 Å². The first kappa shape index (κ1) is 57.9. The number of hydrogen-bond donors (Lipinski definition) is 1. The molecular formula is C56H97NO12Si2. The number of ether oxygens (including phenoxy) is 5. The summed E-state index contributed by atoms with van der Waals surface area (Å²) in [6.45, 7) is 31.2. The van der Waals surface area contributed by atoms with Crippen LogP contribution in [0.15, 0.2) is 35.9 Å². The highest BCUT2D eigenvalue weighted by Crippen LogP contribution is 2.44. The lowest BCUT2D eigenvalue weighted by Crippen LogP contribution is -2.64. The first-order chi connectivity index (χ1) is 33.7. The Labute approximate surface area is 434 Å². The Morgan fingerprint density at radius 3 is 2.01 bits per heavy atom. The Morgan fingerprint density at radius 1 is 0.845 bits per heavy atom. The average Bonchev–Trinajstić information content (AvgIpc) is 3.30. The van der Waals surface area contributed by atoms with Crippen LogP contribution in [0.3, 0.4) is 0 Å². The number of esters is 1. The van der Waals surface area contributed by atoms with E-state index in [0.29, 0.717) is 32.1 Å². The maximum atomic E-state index is 15.1. The Bertz CT molecular complexity index is 1990. The number of cyclic esters (lactones) is 1. The van der Waals surface area contributed by atoms with Gasteiger partial charge in [0, 0.05) is 52.0 Å². The Morgan fingerprint density at radius 2 is 1.44 bits per heavy atom. The van der Waals surface area contributed by atoms with Crippen molar-refractivity contribution >= 4 is 40.1 Å². The van der Waals surface area contributed by atoms with Gasteiger partial charge in [-0.2, -0.15) is 0 Å². The molecule has 0 aromatic heterocycles. The predicted molar refractivity (Wildman–Crippen MR) is 285 cm³/mol. The van der Waals surface area contributed by atoms with Crippen molar-refractivity contribution in [2.75, 3.05) is 27.9 Å². The van der Waals surface area contributed by atoms with Gasteiger partial charge in [0.2, 0.25) is 5.79 Å². The molecule has 3 heterocycles. The zero-order valence-electron chi connectivity index (χ0n) is 49.1. The molecule has 1 unspecified atom stereocenters. The highest BCUT2D eigenvalue weighted by atomic mass is 28.4. The van der Waals surface area contributed by atoms with Crippen LogP contribution in [0.25, 0.3) is 0 Å². The minimum absolute atomic E-state index is 0.0255. The van der Waals surface area contributed by atoms with Gasteiger partial charge in [0.1, 0.15) is 24.0 Å². The molecule has 13 nitrogen and oxygen atoms in total. The van der Waals surface area contributed by atoms with Crippen molar-refractivity contribution in [2.45, 2.75) is 238 Å². The monoisotopic (exact) mass is 1030 g/mol. The summed E-state index contributed by atoms with van der Waals surface area (Å²) in [6.07, 6.45) is 6.46. The van der Waals surface area contributed by atoms with Crippen LogP contribution in [-0.2, 0) is 51.7 Å². The van der Waals surface area contributed by atoms with Gasteiger partial charge in [0.15, 0.2) is 16.6 Å². The normalized spacial score (nSPS) is 36.6. The summed E-state index contributed by atoms with van der Waals surface area (Å²) in [7, 11) is 0.0541. The van der Waals surface area contributed by atoms with Gasteiger partial charge in [-0.1, -0.05) is 86.1 Å². The third kappa shape index (κ3) is 15.0. The second kappa shape index (κ2) is 25.0. The van der Waals surface area contributed by atoms with Crippen LogP contribution in [0.1, 0.15) is 150 Å². The lowest BCUT2D eigenvalue weighted by Gasteiger charge is -2.47. The molecule has 1 aliphatic carbocycles. The fourth-order valence-electron chi connectivity index (χ4n) is 10.7. The average molecular weight is 1040 g/mol. The number of methoxy groups -OCH3 is 3. The summed E-state index contributed by atoms with van der Waals surface area (Å²) in [5.74, 6) is -7.64. The van der Waals surface area contributed by atoms with Crippen molar-refractivity contribution in [3.63, 3.8) is 0 Å². The van der Waals surface area contributed by atoms with Crippen LogP contribution < -0.4 is 0 Å². The highest BCUT2D eigenvalue weighted by Gasteiger charge is 2.57. The van der Waals surface area contributed by atoms with Gasteiger partial charge in [0.25, 0.3) is 11.7 Å². The van der Waals surface area contributed by atoms with Gasteiger partial charge in [-0.15, -0.1) is 6.53 Å². The van der Waals surface area contributed by atoms with E-state index in [1.165, 1.54) is 25.2 Å². The first-order valence-electron chi connectivity index (χ1n) is 27.6. The van der Waals surface area contributed by atoms with Crippen molar-refractivity contribution in [3.05, 3.63) is 35.9 Å². The molecule has 1 amide bonds. The fourth-order valence-corrected chi connectivity index (χ4v) is 13.5. The molecule has 0 spiro atoms. The van der Waals surface area contributed by atoms with E-state index >= 15 is 9.59 Å². The molecule has 71 heavy (non-hydrogen) atoms. The van der Waals surface area contributed by atoms with Gasteiger partial charge in [-0.25, -0.2) is 4.79 Å². The van der Waals surface area contributed by atoms with Crippen LogP contribution in [0.2, 0.25) is 36.3 Å². The summed E-state index contributed by atoms with van der Waals surface area (Å²) in [6, 6.07) is -1.14. The lowest BCUT2D eigenvalue weighted by molar-refractivity contribution is -0.302. The third-order valence-corrected chi connectivity index (χ3v) is 26.3. The van der Waals surface area contributed by atoms with E-state index < -0.39 is 94.4 Å². The predicted octanol–water partition coefficient (Wildman–Crippen LogP) is 10.7. The summed E-state index contributed by atoms with van der Waals surface area (Å²) >= 11 is 0. The zero-order chi connectivity index (χ0) is 55.2. The lowest BCUT2D eigenvalue weighted by atomic mass is 9.81. The molecule has 3 aliphatic heterocycles. The largest absolute Gasteiger partial charge is 0.456 e. The van der Waals surface area contributed by atoms with E-state index in [0.717, 1.165) is 24.0 Å². The SMILES string of the molecule is [2H][13C]([2H])=CC[C@@H]1/C=C(/C)C[C@H](C)C[C@H](OC)[C@H]2O[C@@](O)(C(=O)C(=O)N3CCCC[C@H]3C(=O)OC(/C(C)=C/[C@H]3CC[C@@H](O[Si](C)(C)C(C)(C)C)[C@H](OC)C3)[C@H](C)[C@@H](O[Si](C)(C)C(C)(C)C)CC1=O)[C@H](C)C[C@@H]2OC. The molecule has 406 valence electrons. The summed E-state index contributed by atoms with van der Waals surface area (Å²) < 4.78 is 61.3. The highest BCUT2D eigenvalue weighted by molar-refractivity contribution is 6.74. The maximum absolute atomic E-state index is 15.1. The number of aliphatic hydroxyl groups is 1. The number of carbonyl (C=O) groups excluding carboxylic acids is 4. The number of allylic oxidation sites excluding steroid dienone is 4. The summed E-state index contributed by atoms with van der Waals surface area (Å²) in [5, 5.41) is 12.1. The van der Waals surface area contributed by atoms with Crippen LogP contribution in [0, 0.1) is 29.6 Å². The topological polar surface area (TPSA) is 156 Å². The van der Waals surface area contributed by atoms with E-state index in [4.69, 9.17) is 35.3 Å². The van der Waals surface area contributed by atoms with Gasteiger partial charge >= 0.3 is 5.97 Å². The number of carbonyl (C=O) groups is 4. The van der Waals surface area contributed by atoms with Crippen molar-refractivity contribution in [1.29, 1.82) is 0 Å². The quantitative estimate of drug-likeness (QED) is 0.0688. The molecule has 3 fully saturated rings. The summed E-state index contributed by atoms with van der Waals surface area (Å²) in [5.41, 5.74) is 1.69. The molecule has 0 aromatic carbocycles. The van der Waals surface area contributed by atoms with Crippen LogP contribution in [0.4, 0.5) is 0 Å². The Balaban J connectivity index is 1.92. The number of Topliss-reactive ketones (excluding diaryl/α,β-unsaturated/α-hetero) is 2. The Hall–Kier alpha value is -2.35. The molecule has 0 aromatic rings. The number of rotatable bonds is 11. The van der Waals surface area contributed by atoms with Crippen molar-refractivity contribution < 1.29 is 59.6 Å². The summed E-state index contributed by atoms with van der Waals surface area (Å²) in [4.78, 5) is 60.6. The van der Waals surface area contributed by atoms with E-state index in [2.05, 4.69) is 73.8 Å². The van der Waals surface area contributed by atoms with Crippen LogP contribution >= 0.6 is 0 Å². The molecular weight excluding hydrogens is 936 g/mol. The number of piperidine rings is 1. The molecule has 4 rings (SSSR count). The molecule has 14 atom stereocenters. The Kier molecular flexibility index (Phi) is 20.4. The third-order valence-electron chi connectivity index (χ3n) is 17.3. The minimum atomic E-state index is -2.63. The fraction of sp³-hybridized carbons (Fsp3) is 0.821. The number of fused-ring (bicyclic) bond motifs is 3. The molecule has 1 N–H and O–H groups in total. The van der Waals surface area contributed by atoms with Crippen molar-refractivity contribution in [2.24, 2.45) is 29.6 Å². The smallest absolute Gasteiger partial charge is 0.329 e. The molecule has 2 bridgehead atoms. The second-order valence-electron chi connectivity index (χ2n) is 24.9. The zero-order valence-corrected chi connectivity index (χ0v) is 49.1. The molecule has 1 saturated carbocycles. The van der Waals surface area contributed by atoms with E-state index in [1.807, 2.05) is 33.8 Å². The number of ketones is 2. The minimum Gasteiger partial charge on any atom is -0.456 e. The standard InChI is InChI=1S/C56H97NO12Si2/c1-20-23-41-29-35(2)28-36(3)30-47(64-14)50-48(65-15)32-38(5)56(62,67-50)51(59)52(60)57-27-22-21-24-42(57)53(61)66-49(39(6)45(34-43(41)58)69-71(18,19)55(10,11)12)37(4)31-40-25-26-44(46(33-40)63-13)68-70(16,17)54(7,8)9/h20,29,31,36,38-42,44-50,62H,1,21-28,30,32-34H2,2-19H3/b35-29-,37-31+/t36-,38+,39+,40+,41+,42-,44+,45-,46+,47-,48-,49?,50+,56+/m0/s1/i1+1D2. The second-order valence-corrected chi connectivity index (χ2v) is 34.4. The number of nitrogens with zero attached hydrogens (tertiary/aromatic N) is 1. The molecule has 2 saturated heterocycles. The maximum Gasteiger partial charge on any atom is 0.329 e. The van der Waals surface area contributed by atoms with Gasteiger partial charge in [0.05, 0.1) is 33.3 Å². The van der Waals surface area contributed by atoms with Crippen molar-refractivity contribution in [1.82, 2.24) is 4.90 Å². The van der Waals surface area contributed by atoms with E-state index in [9.17, 15) is 14.7 Å². The van der Waals surface area contributed by atoms with E-state index in [-0.39, 0.29) is 78.7 Å². The molecule has 15 heteroatoms. The van der Waals surface area contributed by atoms with E-state index in [1.54, 1.807) is 14.0 Å². The van der Waals surface area contributed by atoms with Crippen LogP contribution in [0.5, 0.6) is 0 Å². The van der Waals surface area contributed by atoms with Gasteiger partial charge < -0.3 is 42.5 Å². The molecule has 0 radical (unpaired) electrons. The van der Waals surface area contributed by atoms with Gasteiger partial charge in [-0.3, -0.25) is 14.4 Å². The molecule has 4 aliphatic rings. The number of amides is 1.